The summed E-state index contributed by atoms with van der Waals surface area (Å²) in [6.45, 7) is 13.7. The van der Waals surface area contributed by atoms with E-state index in [0.29, 0.717) is 18.5 Å². The molecule has 0 spiro atoms. The number of azide groups is 1. The third-order valence-electron chi connectivity index (χ3n) is 12.1. The first-order valence-corrected chi connectivity index (χ1v) is 16.8. The Labute approximate surface area is 244 Å². The molecule has 6 nitrogen and oxygen atoms in total. The third kappa shape index (κ3) is 7.02. The largest absolute Gasteiger partial charge is 0.446 e. The molecular formula is C34H58N4O2. The van der Waals surface area contributed by atoms with Crippen LogP contribution < -0.4 is 5.32 Å². The van der Waals surface area contributed by atoms with Crippen molar-refractivity contribution in [2.75, 3.05) is 13.1 Å². The summed E-state index contributed by atoms with van der Waals surface area (Å²) < 4.78 is 5.91. The van der Waals surface area contributed by atoms with Crippen molar-refractivity contribution in [3.63, 3.8) is 0 Å². The monoisotopic (exact) mass is 554 g/mol. The number of rotatable bonds is 13. The summed E-state index contributed by atoms with van der Waals surface area (Å²) in [5, 5.41) is 6.52. The Hall–Kier alpha value is -1.68. The van der Waals surface area contributed by atoms with Crippen LogP contribution in [0.5, 0.6) is 0 Å². The van der Waals surface area contributed by atoms with Gasteiger partial charge in [0.2, 0.25) is 0 Å². The van der Waals surface area contributed by atoms with Crippen molar-refractivity contribution in [1.29, 1.82) is 0 Å². The first-order valence-electron chi connectivity index (χ1n) is 16.8. The van der Waals surface area contributed by atoms with Gasteiger partial charge in [-0.05, 0) is 110 Å². The molecule has 0 heterocycles. The second-order valence-corrected chi connectivity index (χ2v) is 14.9. The van der Waals surface area contributed by atoms with Crippen LogP contribution in [0.4, 0.5) is 4.79 Å². The van der Waals surface area contributed by atoms with E-state index in [1.165, 1.54) is 51.4 Å². The Kier molecular flexibility index (Phi) is 10.9. The number of fused-ring (bicyclic) bond motifs is 5. The molecule has 3 fully saturated rings. The molecule has 6 heteroatoms. The van der Waals surface area contributed by atoms with Gasteiger partial charge >= 0.3 is 6.09 Å². The fourth-order valence-corrected chi connectivity index (χ4v) is 9.84. The van der Waals surface area contributed by atoms with Crippen molar-refractivity contribution < 1.29 is 9.53 Å². The fraction of sp³-hybridized carbons (Fsp3) is 0.912. The number of allylic oxidation sites excluding steroid dienone is 1. The van der Waals surface area contributed by atoms with Gasteiger partial charge in [-0.25, -0.2) is 4.79 Å². The lowest BCUT2D eigenvalue weighted by Crippen LogP contribution is -2.51. The summed E-state index contributed by atoms with van der Waals surface area (Å²) in [6, 6.07) is 0. The van der Waals surface area contributed by atoms with Crippen LogP contribution in [0.15, 0.2) is 16.8 Å². The maximum Gasteiger partial charge on any atom is 0.407 e. The molecule has 0 aromatic rings. The highest BCUT2D eigenvalue weighted by atomic mass is 16.6. The number of hydrogen-bond acceptors (Lipinski definition) is 3. The van der Waals surface area contributed by atoms with Crippen LogP contribution in [0.1, 0.15) is 131 Å². The molecule has 0 saturated heterocycles. The van der Waals surface area contributed by atoms with Crippen LogP contribution in [0, 0.1) is 46.3 Å². The highest BCUT2D eigenvalue weighted by molar-refractivity contribution is 5.67. The summed E-state index contributed by atoms with van der Waals surface area (Å²) in [5.74, 6) is 5.12. The number of carbonyl (C=O) groups excluding carboxylic acids is 1. The minimum atomic E-state index is -0.259. The van der Waals surface area contributed by atoms with Gasteiger partial charge in [-0.3, -0.25) is 0 Å². The molecule has 4 aliphatic rings. The van der Waals surface area contributed by atoms with E-state index in [-0.39, 0.29) is 17.6 Å². The molecule has 1 amide bonds. The minimum Gasteiger partial charge on any atom is -0.446 e. The molecule has 4 rings (SSSR count). The lowest BCUT2D eigenvalue weighted by Gasteiger charge is -2.58. The van der Waals surface area contributed by atoms with E-state index < -0.39 is 0 Å². The van der Waals surface area contributed by atoms with Crippen LogP contribution in [0.3, 0.4) is 0 Å². The number of unbranched alkanes of at least 4 members (excludes halogenated alkanes) is 3. The van der Waals surface area contributed by atoms with Gasteiger partial charge < -0.3 is 10.1 Å². The van der Waals surface area contributed by atoms with Crippen molar-refractivity contribution in [1.82, 2.24) is 5.32 Å². The first-order chi connectivity index (χ1) is 19.2. The quantitative estimate of drug-likeness (QED) is 0.0807. The van der Waals surface area contributed by atoms with Gasteiger partial charge in [-0.1, -0.05) is 83.5 Å². The average molecular weight is 555 g/mol. The molecule has 0 aromatic carbocycles. The number of nitrogens with one attached hydrogen (secondary N) is 1. The van der Waals surface area contributed by atoms with Crippen LogP contribution >= 0.6 is 0 Å². The SMILES string of the molecule is CC(C)CCC[C@@H](C)C1CCC2C3CC=C4C[C@@H](OC(=O)NCCCCCCN=[N+]=[N-])CC[C@]4(C)C3CC[C@@]21C. The lowest BCUT2D eigenvalue weighted by molar-refractivity contribution is -0.0581. The number of amides is 1. The Morgan fingerprint density at radius 1 is 1.05 bits per heavy atom. The van der Waals surface area contributed by atoms with Crippen molar-refractivity contribution in [2.24, 2.45) is 51.5 Å². The Balaban J connectivity index is 1.27. The number of carbonyl (C=O) groups is 1. The van der Waals surface area contributed by atoms with Gasteiger partial charge in [-0.2, -0.15) is 0 Å². The molecule has 3 saturated carbocycles. The molecule has 4 aliphatic carbocycles. The molecule has 8 atom stereocenters. The summed E-state index contributed by atoms with van der Waals surface area (Å²) in [7, 11) is 0. The van der Waals surface area contributed by atoms with E-state index in [4.69, 9.17) is 10.3 Å². The highest BCUT2D eigenvalue weighted by Gasteiger charge is 2.59. The number of ether oxygens (including phenoxy) is 1. The van der Waals surface area contributed by atoms with Gasteiger partial charge in [-0.15, -0.1) is 0 Å². The van der Waals surface area contributed by atoms with Crippen LogP contribution in [0.25, 0.3) is 10.4 Å². The van der Waals surface area contributed by atoms with Gasteiger partial charge in [0, 0.05) is 24.4 Å². The highest BCUT2D eigenvalue weighted by Crippen LogP contribution is 2.67. The van der Waals surface area contributed by atoms with E-state index in [9.17, 15) is 4.79 Å². The van der Waals surface area contributed by atoms with Crippen LogP contribution in [-0.2, 0) is 4.74 Å². The Morgan fingerprint density at radius 3 is 2.62 bits per heavy atom. The van der Waals surface area contributed by atoms with Crippen molar-refractivity contribution in [3.05, 3.63) is 22.1 Å². The van der Waals surface area contributed by atoms with E-state index in [1.807, 2.05) is 0 Å². The summed E-state index contributed by atoms with van der Waals surface area (Å²) in [4.78, 5) is 15.3. The summed E-state index contributed by atoms with van der Waals surface area (Å²) in [5.41, 5.74) is 10.7. The normalized spacial score (nSPS) is 35.5. The molecular weight excluding hydrogens is 496 g/mol. The van der Waals surface area contributed by atoms with Gasteiger partial charge in [0.1, 0.15) is 6.10 Å². The predicted octanol–water partition coefficient (Wildman–Crippen LogP) is 9.99. The second-order valence-electron chi connectivity index (χ2n) is 14.9. The smallest absolute Gasteiger partial charge is 0.407 e. The zero-order valence-corrected chi connectivity index (χ0v) is 26.3. The minimum absolute atomic E-state index is 0.0103. The maximum absolute atomic E-state index is 12.5. The number of alkyl carbamates (subject to hydrolysis) is 1. The van der Waals surface area contributed by atoms with E-state index in [1.54, 1.807) is 5.57 Å². The Morgan fingerprint density at radius 2 is 1.85 bits per heavy atom. The molecule has 226 valence electrons. The zero-order valence-electron chi connectivity index (χ0n) is 26.3. The van der Waals surface area contributed by atoms with Crippen LogP contribution in [0.2, 0.25) is 0 Å². The van der Waals surface area contributed by atoms with Crippen LogP contribution in [-0.4, -0.2) is 25.3 Å². The van der Waals surface area contributed by atoms with Crippen molar-refractivity contribution >= 4 is 6.09 Å². The lowest BCUT2D eigenvalue weighted by atomic mass is 9.47. The van der Waals surface area contributed by atoms with Gasteiger partial charge in [0.15, 0.2) is 0 Å². The number of hydrogen-bond donors (Lipinski definition) is 1. The molecule has 4 unspecified atom stereocenters. The predicted molar refractivity (Wildman–Crippen MR) is 164 cm³/mol. The number of nitrogens with zero attached hydrogens (tertiary/aromatic N) is 3. The van der Waals surface area contributed by atoms with Gasteiger partial charge in [0.25, 0.3) is 0 Å². The average Bonchev–Trinajstić information content (AvgIpc) is 3.27. The fourth-order valence-electron chi connectivity index (χ4n) is 9.84. The van der Waals surface area contributed by atoms with E-state index in [0.717, 1.165) is 80.5 Å². The van der Waals surface area contributed by atoms with Gasteiger partial charge in [0.05, 0.1) is 0 Å². The Bertz CT molecular complexity index is 927. The van der Waals surface area contributed by atoms with Crippen molar-refractivity contribution in [2.45, 2.75) is 137 Å². The summed E-state index contributed by atoms with van der Waals surface area (Å²) >= 11 is 0. The van der Waals surface area contributed by atoms with Crippen molar-refractivity contribution in [3.8, 4) is 0 Å². The molecule has 0 bridgehead atoms. The van der Waals surface area contributed by atoms with E-state index in [2.05, 4.69) is 56.0 Å². The zero-order chi connectivity index (χ0) is 28.8. The summed E-state index contributed by atoms with van der Waals surface area (Å²) in [6.07, 6.45) is 20.4. The third-order valence-corrected chi connectivity index (χ3v) is 12.1. The maximum atomic E-state index is 12.5. The molecule has 1 N–H and O–H groups in total. The molecule has 40 heavy (non-hydrogen) atoms. The molecule has 0 radical (unpaired) electrons. The first kappa shape index (κ1) is 31.3. The molecule has 0 aliphatic heterocycles. The van der Waals surface area contributed by atoms with E-state index >= 15 is 0 Å². The standard InChI is InChI=1S/C34H58N4O2/c1-24(2)11-10-12-25(3)29-15-16-30-28-14-13-26-23-27(17-19-33(26,4)31(28)18-20-34(29,30)5)40-32(39)36-21-8-6-7-9-22-37-38-35/h13,24-25,27-31H,6-12,14-23H2,1-5H3,(H,36,39)/t25-,27+,28?,29?,30?,31?,33+,34-/m1/s1. The topological polar surface area (TPSA) is 87.1 Å². The second kappa shape index (κ2) is 14.0. The molecule has 0 aromatic heterocycles.